The van der Waals surface area contributed by atoms with Crippen molar-refractivity contribution in [3.63, 3.8) is 0 Å². The van der Waals surface area contributed by atoms with E-state index in [1.807, 2.05) is 67.6 Å². The molecule has 1 aromatic heterocycles. The minimum Gasteiger partial charge on any atom is -0.496 e. The first-order valence-electron chi connectivity index (χ1n) is 10.4. The van der Waals surface area contributed by atoms with Crippen LogP contribution in [0.25, 0.3) is 11.0 Å². The largest absolute Gasteiger partial charge is 0.496 e. The summed E-state index contributed by atoms with van der Waals surface area (Å²) in [6.45, 7) is 2.08. The van der Waals surface area contributed by atoms with E-state index in [0.717, 1.165) is 27.9 Å². The van der Waals surface area contributed by atoms with Crippen LogP contribution in [0.15, 0.2) is 77.7 Å². The van der Waals surface area contributed by atoms with Gasteiger partial charge in [0, 0.05) is 12.0 Å². The van der Waals surface area contributed by atoms with Gasteiger partial charge in [-0.15, -0.1) is 0 Å². The number of benzene rings is 3. The lowest BCUT2D eigenvalue weighted by Gasteiger charge is -2.35. The smallest absolute Gasteiger partial charge is 0.244 e. The molecule has 2 heterocycles. The van der Waals surface area contributed by atoms with Gasteiger partial charge in [-0.05, 0) is 37.3 Å². The first kappa shape index (κ1) is 20.6. The Balaban J connectivity index is 1.68. The van der Waals surface area contributed by atoms with Crippen LogP contribution in [0.4, 0.5) is 0 Å². The van der Waals surface area contributed by atoms with Crippen molar-refractivity contribution in [2.45, 2.75) is 30.8 Å². The van der Waals surface area contributed by atoms with Crippen LogP contribution in [0.1, 0.15) is 28.6 Å². The zero-order valence-corrected chi connectivity index (χ0v) is 18.7. The molecule has 1 atom stereocenters. The van der Waals surface area contributed by atoms with Crippen LogP contribution in [-0.4, -0.2) is 29.8 Å². The summed E-state index contributed by atoms with van der Waals surface area (Å²) in [5.74, 6) is 0.652. The van der Waals surface area contributed by atoms with E-state index in [1.165, 1.54) is 4.31 Å². The molecule has 0 saturated heterocycles. The molecule has 6 nitrogen and oxygen atoms in total. The number of sulfonamides is 1. The van der Waals surface area contributed by atoms with Gasteiger partial charge in [-0.1, -0.05) is 48.0 Å². The Morgan fingerprint density at radius 1 is 0.875 bits per heavy atom. The molecule has 162 valence electrons. The van der Waals surface area contributed by atoms with Gasteiger partial charge in [0.15, 0.2) is 0 Å². The van der Waals surface area contributed by atoms with Crippen molar-refractivity contribution in [1.82, 2.24) is 14.3 Å². The van der Waals surface area contributed by atoms with Crippen molar-refractivity contribution in [3.8, 4) is 5.75 Å². The van der Waals surface area contributed by atoms with Crippen molar-refractivity contribution in [1.29, 1.82) is 0 Å². The van der Waals surface area contributed by atoms with Crippen molar-refractivity contribution in [3.05, 3.63) is 95.3 Å². The van der Waals surface area contributed by atoms with Gasteiger partial charge in [0.1, 0.15) is 5.75 Å². The van der Waals surface area contributed by atoms with Crippen molar-refractivity contribution in [2.75, 3.05) is 7.11 Å². The third-order valence-electron chi connectivity index (χ3n) is 5.89. The predicted molar refractivity (Wildman–Crippen MR) is 123 cm³/mol. The summed E-state index contributed by atoms with van der Waals surface area (Å²) in [6.07, 6.45) is 0.415. The molecular formula is C25H23N3O3S. The lowest BCUT2D eigenvalue weighted by Crippen LogP contribution is -2.39. The van der Waals surface area contributed by atoms with E-state index in [4.69, 9.17) is 14.7 Å². The molecule has 7 heteroatoms. The molecule has 0 aliphatic carbocycles. The lowest BCUT2D eigenvalue weighted by atomic mass is 9.96. The standard InChI is InChI=1S/C25H23N3O3S/c1-17-11-13-18(14-12-17)32(29,30)28-16-23-22(26-20-8-4-5-9-21(20)27-23)15-24(28)19-7-3-6-10-25(19)31-2/h3-14,24H,15-16H2,1-2H3. The Morgan fingerprint density at radius 2 is 1.50 bits per heavy atom. The number of hydrogen-bond acceptors (Lipinski definition) is 5. The van der Waals surface area contributed by atoms with Gasteiger partial charge in [0.05, 0.1) is 47.0 Å². The van der Waals surface area contributed by atoms with Crippen LogP contribution in [-0.2, 0) is 23.0 Å². The van der Waals surface area contributed by atoms with E-state index in [0.29, 0.717) is 17.9 Å². The number of ether oxygens (including phenoxy) is 1. The zero-order chi connectivity index (χ0) is 22.3. The molecule has 0 radical (unpaired) electrons. The molecular weight excluding hydrogens is 422 g/mol. The summed E-state index contributed by atoms with van der Waals surface area (Å²) in [5.41, 5.74) is 4.88. The van der Waals surface area contributed by atoms with E-state index >= 15 is 0 Å². The number of para-hydroxylation sites is 3. The van der Waals surface area contributed by atoms with Gasteiger partial charge < -0.3 is 4.74 Å². The molecule has 0 spiro atoms. The highest BCUT2D eigenvalue weighted by Gasteiger charge is 2.39. The SMILES string of the molecule is COc1ccccc1C1Cc2nc3ccccc3nc2CN1S(=O)(=O)c1ccc(C)cc1. The average Bonchev–Trinajstić information content (AvgIpc) is 2.82. The van der Waals surface area contributed by atoms with Crippen LogP contribution in [0.3, 0.4) is 0 Å². The Hall–Kier alpha value is -3.29. The molecule has 0 fully saturated rings. The molecule has 0 N–H and O–H groups in total. The second-order valence-corrected chi connectivity index (χ2v) is 9.82. The van der Waals surface area contributed by atoms with E-state index < -0.39 is 16.1 Å². The first-order chi connectivity index (χ1) is 15.5. The van der Waals surface area contributed by atoms with Crippen LogP contribution in [0.2, 0.25) is 0 Å². The number of fused-ring (bicyclic) bond motifs is 2. The number of methoxy groups -OCH3 is 1. The van der Waals surface area contributed by atoms with Gasteiger partial charge in [0.2, 0.25) is 10.0 Å². The highest BCUT2D eigenvalue weighted by molar-refractivity contribution is 7.89. The van der Waals surface area contributed by atoms with Crippen LogP contribution < -0.4 is 4.74 Å². The molecule has 1 aliphatic rings. The lowest BCUT2D eigenvalue weighted by molar-refractivity contribution is 0.281. The zero-order valence-electron chi connectivity index (χ0n) is 17.9. The fraction of sp³-hybridized carbons (Fsp3) is 0.200. The monoisotopic (exact) mass is 445 g/mol. The predicted octanol–water partition coefficient (Wildman–Crippen LogP) is 4.44. The highest BCUT2D eigenvalue weighted by Crippen LogP contribution is 2.40. The molecule has 1 aliphatic heterocycles. The maximum absolute atomic E-state index is 13.8. The van der Waals surface area contributed by atoms with E-state index in [1.54, 1.807) is 19.2 Å². The van der Waals surface area contributed by atoms with Crippen molar-refractivity contribution >= 4 is 21.1 Å². The van der Waals surface area contributed by atoms with Crippen molar-refractivity contribution < 1.29 is 13.2 Å². The van der Waals surface area contributed by atoms with Gasteiger partial charge in [0.25, 0.3) is 0 Å². The minimum absolute atomic E-state index is 0.145. The summed E-state index contributed by atoms with van der Waals surface area (Å²) in [7, 11) is -2.19. The number of aryl methyl sites for hydroxylation is 1. The van der Waals surface area contributed by atoms with Gasteiger partial charge in [-0.25, -0.2) is 18.4 Å². The highest BCUT2D eigenvalue weighted by atomic mass is 32.2. The number of nitrogens with zero attached hydrogens (tertiary/aromatic N) is 3. The summed E-state index contributed by atoms with van der Waals surface area (Å²) < 4.78 is 34.7. The van der Waals surface area contributed by atoms with Gasteiger partial charge >= 0.3 is 0 Å². The molecule has 0 bridgehead atoms. The molecule has 4 aromatic rings. The van der Waals surface area contributed by atoms with Crippen molar-refractivity contribution in [2.24, 2.45) is 0 Å². The van der Waals surface area contributed by atoms with Crippen LogP contribution in [0, 0.1) is 6.92 Å². The third kappa shape index (κ3) is 3.53. The molecule has 1 unspecified atom stereocenters. The van der Waals surface area contributed by atoms with Crippen LogP contribution in [0.5, 0.6) is 5.75 Å². The Morgan fingerprint density at radius 3 is 2.19 bits per heavy atom. The van der Waals surface area contributed by atoms with E-state index in [9.17, 15) is 8.42 Å². The second-order valence-electron chi connectivity index (χ2n) is 7.93. The summed E-state index contributed by atoms with van der Waals surface area (Å²) in [6, 6.07) is 21.7. The fourth-order valence-corrected chi connectivity index (χ4v) is 5.78. The molecule has 0 saturated carbocycles. The first-order valence-corrected chi connectivity index (χ1v) is 11.9. The maximum atomic E-state index is 13.8. The second kappa shape index (κ2) is 8.00. The third-order valence-corrected chi connectivity index (χ3v) is 7.76. The molecule has 32 heavy (non-hydrogen) atoms. The summed E-state index contributed by atoms with van der Waals surface area (Å²) in [4.78, 5) is 9.85. The van der Waals surface area contributed by atoms with Gasteiger partial charge in [-0.2, -0.15) is 4.31 Å². The quantitative estimate of drug-likeness (QED) is 0.465. The number of aromatic nitrogens is 2. The normalized spacial score (nSPS) is 16.6. The van der Waals surface area contributed by atoms with E-state index in [2.05, 4.69) is 0 Å². The molecule has 0 amide bonds. The number of rotatable bonds is 4. The Bertz CT molecular complexity index is 1400. The molecule has 3 aromatic carbocycles. The molecule has 5 rings (SSSR count). The van der Waals surface area contributed by atoms with E-state index in [-0.39, 0.29) is 11.4 Å². The number of hydrogen-bond donors (Lipinski definition) is 0. The summed E-state index contributed by atoms with van der Waals surface area (Å²) >= 11 is 0. The Kier molecular flexibility index (Phi) is 5.15. The Labute approximate surface area is 187 Å². The average molecular weight is 446 g/mol. The van der Waals surface area contributed by atoms with Gasteiger partial charge in [-0.3, -0.25) is 0 Å². The topological polar surface area (TPSA) is 72.4 Å². The maximum Gasteiger partial charge on any atom is 0.244 e. The fourth-order valence-electron chi connectivity index (χ4n) is 4.21. The summed E-state index contributed by atoms with van der Waals surface area (Å²) in [5, 5.41) is 0. The van der Waals surface area contributed by atoms with Crippen LogP contribution >= 0.6 is 0 Å². The minimum atomic E-state index is -3.79.